The van der Waals surface area contributed by atoms with Crippen molar-refractivity contribution in [2.24, 2.45) is 11.3 Å². The number of nitro benzene ring substituents is 1. The summed E-state index contributed by atoms with van der Waals surface area (Å²) in [6, 6.07) is 24.6. The number of piperidine rings is 1. The number of rotatable bonds is 16. The quantitative estimate of drug-likeness (QED) is 0.0607. The van der Waals surface area contributed by atoms with Gasteiger partial charge in [0.15, 0.2) is 17.7 Å². The van der Waals surface area contributed by atoms with Crippen molar-refractivity contribution in [2.45, 2.75) is 81.8 Å². The third kappa shape index (κ3) is 10.3. The predicted octanol–water partition coefficient (Wildman–Crippen LogP) is 9.94. The Morgan fingerprint density at radius 2 is 1.76 bits per heavy atom. The molecule has 7 aromatic rings. The van der Waals surface area contributed by atoms with Crippen LogP contribution in [0.15, 0.2) is 107 Å². The van der Waals surface area contributed by atoms with Crippen LogP contribution in [0.2, 0.25) is 0 Å². The van der Waals surface area contributed by atoms with E-state index in [0.717, 1.165) is 89.0 Å². The Balaban J connectivity index is 0.821. The highest BCUT2D eigenvalue weighted by Gasteiger charge is 2.50. The first-order valence-corrected chi connectivity index (χ1v) is 27.6. The maximum absolute atomic E-state index is 16.7. The molecule has 1 spiro atoms. The van der Waals surface area contributed by atoms with E-state index in [1.54, 1.807) is 25.4 Å². The van der Waals surface area contributed by atoms with Crippen LogP contribution in [-0.2, 0) is 21.3 Å². The molecule has 4 aliphatic rings. The Morgan fingerprint density at radius 3 is 2.51 bits per heavy atom. The van der Waals surface area contributed by atoms with Crippen LogP contribution in [-0.4, -0.2) is 110 Å². The molecule has 1 aliphatic carbocycles. The van der Waals surface area contributed by atoms with Crippen molar-refractivity contribution < 1.29 is 41.2 Å². The molecule has 6 heterocycles. The van der Waals surface area contributed by atoms with Crippen LogP contribution >= 0.6 is 0 Å². The number of nitrogens with one attached hydrogen (secondary N) is 3. The molecule has 11 rings (SSSR count). The van der Waals surface area contributed by atoms with Crippen molar-refractivity contribution in [1.82, 2.24) is 29.5 Å². The Labute approximate surface area is 440 Å². The minimum atomic E-state index is -4.92. The van der Waals surface area contributed by atoms with E-state index in [1.807, 2.05) is 21.8 Å². The summed E-state index contributed by atoms with van der Waals surface area (Å²) in [5, 5.41) is 16.3. The van der Waals surface area contributed by atoms with Crippen LogP contribution in [0.25, 0.3) is 22.1 Å². The Morgan fingerprint density at radius 1 is 0.987 bits per heavy atom. The van der Waals surface area contributed by atoms with E-state index in [0.29, 0.717) is 55.8 Å². The van der Waals surface area contributed by atoms with Gasteiger partial charge < -0.3 is 33.8 Å². The summed E-state index contributed by atoms with van der Waals surface area (Å²) in [5.74, 6) is -0.488. The molecule has 1 atom stereocenters. The molecule has 0 unspecified atom stereocenters. The number of carbonyl (C=O) groups excluding carboxylic acids is 1. The fraction of sp³-hybridized carbons (Fsp3) is 0.411. The van der Waals surface area contributed by atoms with Gasteiger partial charge in [-0.15, -0.1) is 0 Å². The van der Waals surface area contributed by atoms with Crippen LogP contribution in [0, 0.1) is 27.3 Å². The van der Waals surface area contributed by atoms with Crippen molar-refractivity contribution in [3.05, 3.63) is 136 Å². The van der Waals surface area contributed by atoms with Gasteiger partial charge in [-0.1, -0.05) is 50.2 Å². The number of H-pyrrole nitrogens is 1. The highest BCUT2D eigenvalue weighted by atomic mass is 32.2. The smallest absolute Gasteiger partial charge is 0.297 e. The number of aromatic nitrogens is 3. The number of aromatic amines is 1. The normalized spacial score (nSPS) is 18.8. The summed E-state index contributed by atoms with van der Waals surface area (Å²) in [7, 11) is -3.23. The van der Waals surface area contributed by atoms with Gasteiger partial charge in [0.05, 0.1) is 29.5 Å². The number of halogens is 1. The largest absolute Gasteiger partial charge is 0.497 e. The number of carbonyl (C=O) groups is 1. The fourth-order valence-electron chi connectivity index (χ4n) is 11.9. The van der Waals surface area contributed by atoms with Crippen LogP contribution in [0.5, 0.6) is 17.2 Å². The molecule has 0 bridgehead atoms. The molecule has 76 heavy (non-hydrogen) atoms. The number of hydrogen-bond acceptors (Lipinski definition) is 15. The van der Waals surface area contributed by atoms with Crippen LogP contribution in [0.4, 0.5) is 21.5 Å². The third-order valence-electron chi connectivity index (χ3n) is 16.1. The number of oxazole rings is 1. The number of benzene rings is 4. The summed E-state index contributed by atoms with van der Waals surface area (Å²) in [6.07, 6.45) is 9.38. The van der Waals surface area contributed by atoms with E-state index in [2.05, 4.69) is 80.3 Å². The number of ether oxygens (including phenoxy) is 3. The topological polar surface area (TPSA) is 211 Å². The molecule has 4 aromatic carbocycles. The summed E-state index contributed by atoms with van der Waals surface area (Å²) in [4.78, 5) is 44.2. The van der Waals surface area contributed by atoms with Crippen molar-refractivity contribution in [3.63, 3.8) is 0 Å². The molecule has 398 valence electrons. The first kappa shape index (κ1) is 51.0. The van der Waals surface area contributed by atoms with Crippen molar-refractivity contribution in [2.75, 3.05) is 69.8 Å². The Bertz CT molecular complexity index is 3380. The number of methoxy groups -OCH3 is 1. The third-order valence-corrected chi connectivity index (χ3v) is 17.4. The van der Waals surface area contributed by atoms with Gasteiger partial charge in [0.2, 0.25) is 0 Å². The zero-order valence-corrected chi connectivity index (χ0v) is 43.6. The summed E-state index contributed by atoms with van der Waals surface area (Å²) < 4.78 is 69.9. The molecule has 0 radical (unpaired) electrons. The Hall–Kier alpha value is -7.13. The van der Waals surface area contributed by atoms with Gasteiger partial charge in [-0.2, -0.15) is 0 Å². The minimum absolute atomic E-state index is 0.0381. The molecule has 1 saturated carbocycles. The molecule has 3 aromatic heterocycles. The first-order valence-electron chi connectivity index (χ1n) is 26.1. The lowest BCUT2D eigenvalue weighted by atomic mass is 9.59. The second-order valence-electron chi connectivity index (χ2n) is 21.1. The molecular weight excluding hydrogens is 994 g/mol. The van der Waals surface area contributed by atoms with E-state index in [-0.39, 0.29) is 51.3 Å². The second kappa shape index (κ2) is 21.1. The zero-order valence-electron chi connectivity index (χ0n) is 42.8. The van der Waals surface area contributed by atoms with Gasteiger partial charge in [-0.3, -0.25) is 24.7 Å². The number of piperazine rings is 1. The molecule has 3 aliphatic heterocycles. The molecular formula is C56H62FN9O9S. The van der Waals surface area contributed by atoms with Gasteiger partial charge in [0, 0.05) is 94.8 Å². The number of hydrogen-bond donors (Lipinski definition) is 3. The first-order chi connectivity index (χ1) is 36.7. The van der Waals surface area contributed by atoms with Gasteiger partial charge in [0.25, 0.3) is 21.6 Å². The highest BCUT2D eigenvalue weighted by Crippen LogP contribution is 2.54. The number of anilines is 2. The fourth-order valence-corrected chi connectivity index (χ4v) is 13.1. The highest BCUT2D eigenvalue weighted by molar-refractivity contribution is 7.90. The standard InChI is InChI=1S/C56H62FN9O9S/c1-35(2)42-6-4-5-7-43(42)48-33-63(32-37-8-10-40(72-3)11-9-37)20-21-65(48)39-28-56(29-39)15-18-64(19-16-56)46-26-49(75-41-24-38-12-17-58-54(38)60-31-41)44(25-45(46)57)55(67)62-76(70,71)50-27-47(66(68)69)51(53-52(50)61-34-74-53)59-30-36-13-22-73-23-14-36/h4-12,17,24-27,31,34-36,39,48,59H,13-16,18-23,28-30,32-33H2,1-3H3,(H,58,60)(H,62,67)/t48-/m0/s1. The summed E-state index contributed by atoms with van der Waals surface area (Å²) >= 11 is 0. The minimum Gasteiger partial charge on any atom is -0.497 e. The van der Waals surface area contributed by atoms with Gasteiger partial charge >= 0.3 is 0 Å². The van der Waals surface area contributed by atoms with E-state index in [1.165, 1.54) is 29.0 Å². The maximum Gasteiger partial charge on any atom is 0.297 e. The lowest BCUT2D eigenvalue weighted by Crippen LogP contribution is -2.60. The maximum atomic E-state index is 16.7. The average Bonchev–Trinajstić information content (AvgIpc) is 4.13. The van der Waals surface area contributed by atoms with E-state index < -0.39 is 42.8 Å². The van der Waals surface area contributed by atoms with E-state index in [4.69, 9.17) is 18.6 Å². The van der Waals surface area contributed by atoms with Crippen LogP contribution < -0.4 is 24.4 Å². The van der Waals surface area contributed by atoms with Gasteiger partial charge in [-0.05, 0) is 103 Å². The lowest BCUT2D eigenvalue weighted by Gasteiger charge is -2.58. The lowest BCUT2D eigenvalue weighted by molar-refractivity contribution is -0.384. The van der Waals surface area contributed by atoms with E-state index >= 15 is 4.39 Å². The van der Waals surface area contributed by atoms with Crippen LogP contribution in [0.3, 0.4) is 0 Å². The number of nitrogens with zero attached hydrogens (tertiary/aromatic N) is 6. The monoisotopic (exact) mass is 1060 g/mol. The molecule has 4 fully saturated rings. The van der Waals surface area contributed by atoms with Gasteiger partial charge in [0.1, 0.15) is 39.1 Å². The molecule has 3 N–H and O–H groups in total. The van der Waals surface area contributed by atoms with Gasteiger partial charge in [-0.25, -0.2) is 27.5 Å². The van der Waals surface area contributed by atoms with Crippen molar-refractivity contribution >= 4 is 55.1 Å². The number of amides is 1. The SMILES string of the molecule is COc1ccc(CN2CCN(C3CC4(CCN(c5cc(Oc6cnc7[nH]ccc7c6)c(C(=O)NS(=O)(=O)c6cc([N+](=O)[O-])c(NCC7CCOCC7)c7ocnc67)cc5F)CC4)C3)[C@H](c3ccccc3C(C)C)C2)cc1. The van der Waals surface area contributed by atoms with E-state index in [9.17, 15) is 23.3 Å². The summed E-state index contributed by atoms with van der Waals surface area (Å²) in [6.45, 7) is 10.8. The molecule has 20 heteroatoms. The van der Waals surface area contributed by atoms with Crippen molar-refractivity contribution in [3.8, 4) is 17.2 Å². The molecule has 3 saturated heterocycles. The number of pyridine rings is 1. The Kier molecular flexibility index (Phi) is 14.2. The average molecular weight is 1060 g/mol. The molecule has 18 nitrogen and oxygen atoms in total. The number of sulfonamides is 1. The predicted molar refractivity (Wildman–Crippen MR) is 285 cm³/mol. The summed E-state index contributed by atoms with van der Waals surface area (Å²) in [5.41, 5.74) is 3.46. The molecule has 1 amide bonds. The number of fused-ring (bicyclic) bond motifs is 2. The zero-order chi connectivity index (χ0) is 52.7. The number of nitro groups is 1. The van der Waals surface area contributed by atoms with Crippen LogP contribution in [0.1, 0.15) is 91.4 Å². The second-order valence-corrected chi connectivity index (χ2v) is 22.7. The van der Waals surface area contributed by atoms with Crippen molar-refractivity contribution in [1.29, 1.82) is 0 Å².